The molecule has 12 heteroatoms. The molecule has 2 bridgehead atoms. The molecule has 5 nitrogen and oxygen atoms in total. The number of carbonyl (C=O) groups is 1. The van der Waals surface area contributed by atoms with E-state index in [0.29, 0.717) is 11.8 Å². The molecule has 5 unspecified atom stereocenters. The van der Waals surface area contributed by atoms with Crippen molar-refractivity contribution < 1.29 is 48.8 Å². The van der Waals surface area contributed by atoms with Crippen LogP contribution in [0.1, 0.15) is 57.8 Å². The molecule has 33 heavy (non-hydrogen) atoms. The highest BCUT2D eigenvalue weighted by molar-refractivity contribution is 7.85. The number of esters is 1. The number of hydrogen-bond donors (Lipinski definition) is 1. The van der Waals surface area contributed by atoms with Gasteiger partial charge in [-0.2, -0.15) is 34.8 Å². The topological polar surface area (TPSA) is 80.7 Å². The highest BCUT2D eigenvalue weighted by Crippen LogP contribution is 2.64. The third-order valence-electron chi connectivity index (χ3n) is 8.71. The summed E-state index contributed by atoms with van der Waals surface area (Å²) in [5, 5.41) is 0. The first-order chi connectivity index (χ1) is 15.2. The zero-order chi connectivity index (χ0) is 24.4. The molecule has 0 radical (unpaired) electrons. The van der Waals surface area contributed by atoms with Crippen LogP contribution < -0.4 is 0 Å². The van der Waals surface area contributed by atoms with E-state index in [0.717, 1.165) is 51.4 Å². The molecule has 0 aliphatic heterocycles. The van der Waals surface area contributed by atoms with Gasteiger partial charge in [0.15, 0.2) is 0 Å². The van der Waals surface area contributed by atoms with Crippen molar-refractivity contribution >= 4 is 16.1 Å². The average molecular weight is 507 g/mol. The van der Waals surface area contributed by atoms with Crippen LogP contribution in [-0.2, 0) is 19.6 Å². The number of hydrogen-bond acceptors (Lipinski definition) is 4. The van der Waals surface area contributed by atoms with Gasteiger partial charge in [-0.15, -0.1) is 0 Å². The molecular formula is C21H28F6O5S. The second kappa shape index (κ2) is 8.27. The van der Waals surface area contributed by atoms with Crippen LogP contribution in [0.25, 0.3) is 0 Å². The van der Waals surface area contributed by atoms with Crippen molar-refractivity contribution in [1.82, 2.24) is 0 Å². The van der Waals surface area contributed by atoms with E-state index in [1.807, 2.05) is 0 Å². The maximum atomic E-state index is 13.7. The van der Waals surface area contributed by atoms with Gasteiger partial charge in [0.2, 0.25) is 0 Å². The SMILES string of the molecule is O=C(OC(CS(=O)(=O)O)(C(F)(F)F)C(F)(F)F)C1CC2C3CCCCC3C1C1CCCCC21. The van der Waals surface area contributed by atoms with Gasteiger partial charge in [-0.1, -0.05) is 25.7 Å². The van der Waals surface area contributed by atoms with Crippen LogP contribution in [0, 0.1) is 41.4 Å². The Hall–Kier alpha value is -1.04. The van der Waals surface area contributed by atoms with Crippen molar-refractivity contribution in [2.45, 2.75) is 75.7 Å². The van der Waals surface area contributed by atoms with Gasteiger partial charge in [0.05, 0.1) is 5.92 Å². The standard InChI is InChI=1S/C21H28F6O5S/c22-20(23,24)19(21(25,26)27,10-33(29,30)31)32-18(28)16-9-15-11-5-1-3-7-13(11)17(16)14-8-4-2-6-12(14)15/h11-17H,1-10H2,(H,29,30,31). The highest BCUT2D eigenvalue weighted by atomic mass is 32.2. The van der Waals surface area contributed by atoms with Crippen LogP contribution in [-0.4, -0.2) is 42.6 Å². The minimum absolute atomic E-state index is 0.0518. The van der Waals surface area contributed by atoms with Gasteiger partial charge in [0.25, 0.3) is 10.1 Å². The average Bonchev–Trinajstić information content (AvgIpc) is 2.70. The monoisotopic (exact) mass is 506 g/mol. The Morgan fingerprint density at radius 1 is 0.788 bits per heavy atom. The van der Waals surface area contributed by atoms with Gasteiger partial charge < -0.3 is 4.74 Å². The summed E-state index contributed by atoms with van der Waals surface area (Å²) >= 11 is 0. The van der Waals surface area contributed by atoms with Crippen molar-refractivity contribution in [1.29, 1.82) is 0 Å². The molecular weight excluding hydrogens is 478 g/mol. The lowest BCUT2D eigenvalue weighted by Gasteiger charge is -2.62. The van der Waals surface area contributed by atoms with E-state index in [4.69, 9.17) is 4.55 Å². The first kappa shape index (κ1) is 25.1. The first-order valence-corrected chi connectivity index (χ1v) is 13.1. The predicted octanol–water partition coefficient (Wildman–Crippen LogP) is 5.16. The summed E-state index contributed by atoms with van der Waals surface area (Å²) in [5.41, 5.74) is -5.32. The molecule has 1 N–H and O–H groups in total. The molecule has 0 aromatic heterocycles. The molecule has 0 heterocycles. The molecule has 190 valence electrons. The summed E-state index contributed by atoms with van der Waals surface area (Å²) in [7, 11) is -5.79. The minimum Gasteiger partial charge on any atom is -0.438 e. The Morgan fingerprint density at radius 3 is 1.61 bits per heavy atom. The smallest absolute Gasteiger partial charge is 0.438 e. The fraction of sp³-hybridized carbons (Fsp3) is 0.952. The third-order valence-corrected chi connectivity index (χ3v) is 9.48. The molecule has 5 aliphatic rings. The van der Waals surface area contributed by atoms with E-state index in [2.05, 4.69) is 4.74 Å². The lowest BCUT2D eigenvalue weighted by atomic mass is 9.42. The molecule has 5 aliphatic carbocycles. The van der Waals surface area contributed by atoms with Crippen LogP contribution in [0.2, 0.25) is 0 Å². The minimum atomic E-state index is -6.29. The lowest BCUT2D eigenvalue weighted by Crippen LogP contribution is -2.65. The zero-order valence-corrected chi connectivity index (χ0v) is 18.7. The second-order valence-corrected chi connectivity index (χ2v) is 11.7. The summed E-state index contributed by atoms with van der Waals surface area (Å²) < 4.78 is 117. The van der Waals surface area contributed by atoms with Gasteiger partial charge in [-0.05, 0) is 67.6 Å². The van der Waals surface area contributed by atoms with E-state index < -0.39 is 45.7 Å². The van der Waals surface area contributed by atoms with E-state index in [-0.39, 0.29) is 30.1 Å². The van der Waals surface area contributed by atoms with Crippen molar-refractivity contribution in [3.05, 3.63) is 0 Å². The first-order valence-electron chi connectivity index (χ1n) is 11.5. The molecule has 5 atom stereocenters. The van der Waals surface area contributed by atoms with Gasteiger partial charge in [0.1, 0.15) is 5.75 Å². The van der Waals surface area contributed by atoms with E-state index >= 15 is 0 Å². The quantitative estimate of drug-likeness (QED) is 0.324. The Bertz CT molecular complexity index is 831. The van der Waals surface area contributed by atoms with Gasteiger partial charge in [-0.3, -0.25) is 9.35 Å². The highest BCUT2D eigenvalue weighted by Gasteiger charge is 2.76. The van der Waals surface area contributed by atoms with Crippen LogP contribution in [0.3, 0.4) is 0 Å². The lowest BCUT2D eigenvalue weighted by molar-refractivity contribution is -0.363. The van der Waals surface area contributed by atoms with E-state index in [1.165, 1.54) is 0 Å². The normalized spacial score (nSPS) is 37.2. The van der Waals surface area contributed by atoms with Crippen molar-refractivity contribution in [2.24, 2.45) is 41.4 Å². The maximum Gasteiger partial charge on any atom is 0.438 e. The van der Waals surface area contributed by atoms with E-state index in [9.17, 15) is 39.6 Å². The Kier molecular flexibility index (Phi) is 6.28. The van der Waals surface area contributed by atoms with Crippen LogP contribution in [0.15, 0.2) is 0 Å². The number of rotatable bonds is 4. The summed E-state index contributed by atoms with van der Waals surface area (Å²) in [6.45, 7) is 0. The van der Waals surface area contributed by atoms with Gasteiger partial charge >= 0.3 is 23.9 Å². The molecule has 5 rings (SSSR count). The van der Waals surface area contributed by atoms with Gasteiger partial charge in [-0.25, -0.2) is 0 Å². The number of carbonyl (C=O) groups excluding carboxylic acids is 1. The Morgan fingerprint density at radius 2 is 1.21 bits per heavy atom. The predicted molar refractivity (Wildman–Crippen MR) is 103 cm³/mol. The van der Waals surface area contributed by atoms with E-state index in [1.54, 1.807) is 0 Å². The molecule has 0 saturated heterocycles. The van der Waals surface area contributed by atoms with Gasteiger partial charge in [0, 0.05) is 0 Å². The molecule has 0 spiro atoms. The second-order valence-electron chi connectivity index (χ2n) is 10.3. The van der Waals surface area contributed by atoms with Crippen LogP contribution in [0.5, 0.6) is 0 Å². The van der Waals surface area contributed by atoms with Crippen LogP contribution in [0.4, 0.5) is 26.3 Å². The zero-order valence-electron chi connectivity index (χ0n) is 17.9. The van der Waals surface area contributed by atoms with Crippen molar-refractivity contribution in [3.63, 3.8) is 0 Å². The summed E-state index contributed by atoms with van der Waals surface area (Å²) in [6, 6.07) is 0. The molecule has 5 fully saturated rings. The summed E-state index contributed by atoms with van der Waals surface area (Å²) in [5.74, 6) is -5.17. The number of halogens is 6. The fourth-order valence-corrected chi connectivity index (χ4v) is 8.55. The number of fused-ring (bicyclic) bond motifs is 1. The fourth-order valence-electron chi connectivity index (χ4n) is 7.65. The van der Waals surface area contributed by atoms with Crippen molar-refractivity contribution in [3.8, 4) is 0 Å². The number of ether oxygens (including phenoxy) is 1. The molecule has 0 aromatic rings. The third kappa shape index (κ3) is 4.27. The maximum absolute atomic E-state index is 13.7. The molecule has 0 amide bonds. The largest absolute Gasteiger partial charge is 0.438 e. The van der Waals surface area contributed by atoms with Crippen molar-refractivity contribution in [2.75, 3.05) is 5.75 Å². The molecule has 0 aromatic carbocycles. The Balaban J connectivity index is 1.69. The summed E-state index contributed by atoms with van der Waals surface area (Å²) in [4.78, 5) is 13.0. The molecule has 5 saturated carbocycles. The summed E-state index contributed by atoms with van der Waals surface area (Å²) in [6.07, 6.45) is -5.07. The van der Waals surface area contributed by atoms with Crippen LogP contribution >= 0.6 is 0 Å². The Labute approximate surface area is 188 Å². The number of alkyl halides is 6.